The molecule has 0 heterocycles. The van der Waals surface area contributed by atoms with Crippen LogP contribution in [0.3, 0.4) is 0 Å². The average Bonchev–Trinajstić information content (AvgIpc) is 2.46. The summed E-state index contributed by atoms with van der Waals surface area (Å²) in [7, 11) is 0. The molecular formula is C17H20N2O2. The van der Waals surface area contributed by atoms with E-state index in [0.717, 1.165) is 17.1 Å². The SMILES string of the molecule is Cc1ccc(OCCOc2ccc(C(=N)N)cc2)c(C)c1. The fraction of sp³-hybridized carbons (Fsp3) is 0.235. The first-order valence-electron chi connectivity index (χ1n) is 6.83. The number of nitrogens with two attached hydrogens (primary N) is 1. The Morgan fingerprint density at radius 2 is 1.67 bits per heavy atom. The van der Waals surface area contributed by atoms with Gasteiger partial charge in [-0.2, -0.15) is 0 Å². The van der Waals surface area contributed by atoms with Crippen LogP contribution >= 0.6 is 0 Å². The number of hydrogen-bond donors (Lipinski definition) is 2. The van der Waals surface area contributed by atoms with Crippen molar-refractivity contribution >= 4 is 5.84 Å². The minimum absolute atomic E-state index is 0.0553. The van der Waals surface area contributed by atoms with E-state index in [0.29, 0.717) is 18.8 Å². The molecule has 0 saturated heterocycles. The molecule has 0 aliphatic carbocycles. The van der Waals surface area contributed by atoms with Crippen LogP contribution in [0.5, 0.6) is 11.5 Å². The van der Waals surface area contributed by atoms with Gasteiger partial charge in [0.05, 0.1) is 0 Å². The van der Waals surface area contributed by atoms with Gasteiger partial charge in [-0.15, -0.1) is 0 Å². The first-order valence-corrected chi connectivity index (χ1v) is 6.83. The van der Waals surface area contributed by atoms with Crippen molar-refractivity contribution in [3.05, 3.63) is 59.2 Å². The quantitative estimate of drug-likeness (QED) is 0.486. The zero-order valence-corrected chi connectivity index (χ0v) is 12.3. The van der Waals surface area contributed by atoms with Crippen LogP contribution in [0.1, 0.15) is 16.7 Å². The Balaban J connectivity index is 1.80. The Bertz CT molecular complexity index is 621. The molecule has 0 aromatic heterocycles. The monoisotopic (exact) mass is 284 g/mol. The predicted octanol–water partition coefficient (Wildman–Crippen LogP) is 3.05. The third-order valence-electron chi connectivity index (χ3n) is 3.11. The van der Waals surface area contributed by atoms with Gasteiger partial charge in [-0.3, -0.25) is 5.41 Å². The lowest BCUT2D eigenvalue weighted by atomic mass is 10.1. The van der Waals surface area contributed by atoms with Crippen molar-refractivity contribution in [2.24, 2.45) is 5.73 Å². The molecule has 0 amide bonds. The van der Waals surface area contributed by atoms with Gasteiger partial charge < -0.3 is 15.2 Å². The van der Waals surface area contributed by atoms with Gasteiger partial charge in [0.15, 0.2) is 0 Å². The molecule has 0 fully saturated rings. The number of hydrogen-bond acceptors (Lipinski definition) is 3. The number of nitrogens with one attached hydrogen (secondary N) is 1. The topological polar surface area (TPSA) is 68.3 Å². The second kappa shape index (κ2) is 6.79. The molecule has 110 valence electrons. The maximum Gasteiger partial charge on any atom is 0.122 e. The number of aryl methyl sites for hydroxylation is 2. The Hall–Kier alpha value is -2.49. The van der Waals surface area contributed by atoms with Crippen molar-refractivity contribution < 1.29 is 9.47 Å². The van der Waals surface area contributed by atoms with Crippen LogP contribution in [-0.4, -0.2) is 19.0 Å². The van der Waals surface area contributed by atoms with Crippen molar-refractivity contribution in [3.63, 3.8) is 0 Å². The van der Waals surface area contributed by atoms with Gasteiger partial charge >= 0.3 is 0 Å². The first kappa shape index (κ1) is 14.9. The van der Waals surface area contributed by atoms with Crippen molar-refractivity contribution in [3.8, 4) is 11.5 Å². The van der Waals surface area contributed by atoms with E-state index in [9.17, 15) is 0 Å². The van der Waals surface area contributed by atoms with Crippen molar-refractivity contribution in [2.45, 2.75) is 13.8 Å². The van der Waals surface area contributed by atoms with E-state index < -0.39 is 0 Å². The fourth-order valence-corrected chi connectivity index (χ4v) is 2.00. The number of benzene rings is 2. The van der Waals surface area contributed by atoms with Crippen molar-refractivity contribution in [2.75, 3.05) is 13.2 Å². The Morgan fingerprint density at radius 3 is 2.29 bits per heavy atom. The smallest absolute Gasteiger partial charge is 0.122 e. The second-order valence-corrected chi connectivity index (χ2v) is 4.90. The molecule has 2 rings (SSSR count). The summed E-state index contributed by atoms with van der Waals surface area (Å²) < 4.78 is 11.3. The number of rotatable bonds is 6. The molecule has 4 nitrogen and oxygen atoms in total. The van der Waals surface area contributed by atoms with Crippen LogP contribution in [0.15, 0.2) is 42.5 Å². The highest BCUT2D eigenvalue weighted by Gasteiger charge is 2.01. The van der Waals surface area contributed by atoms with Crippen LogP contribution in [-0.2, 0) is 0 Å². The first-order chi connectivity index (χ1) is 10.1. The van der Waals surface area contributed by atoms with E-state index in [1.807, 2.05) is 19.1 Å². The minimum atomic E-state index is 0.0553. The zero-order valence-electron chi connectivity index (χ0n) is 12.3. The van der Waals surface area contributed by atoms with E-state index in [1.165, 1.54) is 5.56 Å². The van der Waals surface area contributed by atoms with Gasteiger partial charge in [-0.05, 0) is 49.7 Å². The lowest BCUT2D eigenvalue weighted by Crippen LogP contribution is -2.11. The van der Waals surface area contributed by atoms with Crippen molar-refractivity contribution in [1.29, 1.82) is 5.41 Å². The summed E-state index contributed by atoms with van der Waals surface area (Å²) in [5.41, 5.74) is 8.44. The van der Waals surface area contributed by atoms with Crippen LogP contribution < -0.4 is 15.2 Å². The highest BCUT2D eigenvalue weighted by molar-refractivity contribution is 5.94. The fourth-order valence-electron chi connectivity index (χ4n) is 2.00. The molecular weight excluding hydrogens is 264 g/mol. The minimum Gasteiger partial charge on any atom is -0.490 e. The van der Waals surface area contributed by atoms with Crippen molar-refractivity contribution in [1.82, 2.24) is 0 Å². The molecule has 0 aliphatic heterocycles. The van der Waals surface area contributed by atoms with Gasteiger partial charge in [-0.1, -0.05) is 17.7 Å². The second-order valence-electron chi connectivity index (χ2n) is 4.90. The lowest BCUT2D eigenvalue weighted by Gasteiger charge is -2.11. The molecule has 0 radical (unpaired) electrons. The maximum absolute atomic E-state index is 7.32. The normalized spacial score (nSPS) is 10.2. The predicted molar refractivity (Wildman–Crippen MR) is 84.4 cm³/mol. The number of amidine groups is 1. The highest BCUT2D eigenvalue weighted by Crippen LogP contribution is 2.18. The highest BCUT2D eigenvalue weighted by atomic mass is 16.5. The third-order valence-corrected chi connectivity index (χ3v) is 3.11. The molecule has 0 spiro atoms. The molecule has 0 atom stereocenters. The summed E-state index contributed by atoms with van der Waals surface area (Å²) in [5, 5.41) is 7.32. The van der Waals surface area contributed by atoms with E-state index >= 15 is 0 Å². The zero-order chi connectivity index (χ0) is 15.2. The summed E-state index contributed by atoms with van der Waals surface area (Å²) in [6, 6.07) is 13.2. The molecule has 0 bridgehead atoms. The van der Waals surface area contributed by atoms with E-state index in [2.05, 4.69) is 13.0 Å². The Morgan fingerprint density at radius 1 is 1.00 bits per heavy atom. The molecule has 3 N–H and O–H groups in total. The van der Waals surface area contributed by atoms with Crippen LogP contribution in [0.2, 0.25) is 0 Å². The third kappa shape index (κ3) is 4.24. The van der Waals surface area contributed by atoms with E-state index in [4.69, 9.17) is 20.6 Å². The Kier molecular flexibility index (Phi) is 4.82. The summed E-state index contributed by atoms with van der Waals surface area (Å²) in [6.45, 7) is 5.04. The molecule has 0 aliphatic rings. The summed E-state index contributed by atoms with van der Waals surface area (Å²) >= 11 is 0. The maximum atomic E-state index is 7.32. The summed E-state index contributed by atoms with van der Waals surface area (Å²) in [6.07, 6.45) is 0. The molecule has 21 heavy (non-hydrogen) atoms. The average molecular weight is 284 g/mol. The van der Waals surface area contributed by atoms with Crippen LogP contribution in [0, 0.1) is 19.3 Å². The van der Waals surface area contributed by atoms with E-state index in [1.54, 1.807) is 24.3 Å². The molecule has 4 heteroatoms. The number of nitrogen functional groups attached to an aromatic ring is 1. The van der Waals surface area contributed by atoms with Crippen LogP contribution in [0.4, 0.5) is 0 Å². The molecule has 2 aromatic carbocycles. The van der Waals surface area contributed by atoms with Gasteiger partial charge in [0.1, 0.15) is 30.5 Å². The van der Waals surface area contributed by atoms with Gasteiger partial charge in [0.2, 0.25) is 0 Å². The lowest BCUT2D eigenvalue weighted by molar-refractivity contribution is 0.216. The Labute approximate surface area is 125 Å². The van der Waals surface area contributed by atoms with Gasteiger partial charge in [0.25, 0.3) is 0 Å². The molecule has 0 saturated carbocycles. The van der Waals surface area contributed by atoms with Crippen LogP contribution in [0.25, 0.3) is 0 Å². The summed E-state index contributed by atoms with van der Waals surface area (Å²) in [4.78, 5) is 0. The standard InChI is InChI=1S/C17H20N2O2/c1-12-3-8-16(13(2)11-12)21-10-9-20-15-6-4-14(5-7-15)17(18)19/h3-8,11H,9-10H2,1-2H3,(H3,18,19). The number of ether oxygens (including phenoxy) is 2. The van der Waals surface area contributed by atoms with Gasteiger partial charge in [0, 0.05) is 5.56 Å². The largest absolute Gasteiger partial charge is 0.490 e. The van der Waals surface area contributed by atoms with E-state index in [-0.39, 0.29) is 5.84 Å². The van der Waals surface area contributed by atoms with Gasteiger partial charge in [-0.25, -0.2) is 0 Å². The molecule has 0 unspecified atom stereocenters. The molecule has 2 aromatic rings. The summed E-state index contributed by atoms with van der Waals surface area (Å²) in [5.74, 6) is 1.68.